The van der Waals surface area contributed by atoms with Crippen LogP contribution in [0.2, 0.25) is 0 Å². The van der Waals surface area contributed by atoms with Crippen molar-refractivity contribution in [3.05, 3.63) is 66.2 Å². The maximum absolute atomic E-state index is 10.4. The van der Waals surface area contributed by atoms with E-state index in [-0.39, 0.29) is 5.97 Å². The summed E-state index contributed by atoms with van der Waals surface area (Å²) in [6.07, 6.45) is -1.29. The van der Waals surface area contributed by atoms with E-state index in [4.69, 9.17) is 9.84 Å². The smallest absolute Gasteiger partial charge is 0.461 e. The van der Waals surface area contributed by atoms with Gasteiger partial charge >= 0.3 is 12.1 Å². The van der Waals surface area contributed by atoms with Crippen LogP contribution in [0, 0.1) is 0 Å². The lowest BCUT2D eigenvalue weighted by Gasteiger charge is -1.99. The lowest BCUT2D eigenvalue weighted by Crippen LogP contribution is -2.02. The van der Waals surface area contributed by atoms with Gasteiger partial charge in [-0.05, 0) is 17.7 Å². The van der Waals surface area contributed by atoms with E-state index < -0.39 is 6.16 Å². The van der Waals surface area contributed by atoms with Gasteiger partial charge in [0.05, 0.1) is 0 Å². The predicted molar refractivity (Wildman–Crippen MR) is 77.0 cm³/mol. The fourth-order valence-corrected chi connectivity index (χ4v) is 1.35. The summed E-state index contributed by atoms with van der Waals surface area (Å²) in [4.78, 5) is 20.3. The van der Waals surface area contributed by atoms with Gasteiger partial charge in [-0.3, -0.25) is 4.79 Å². The molecule has 2 rings (SSSR count). The van der Waals surface area contributed by atoms with Crippen molar-refractivity contribution >= 4 is 12.1 Å². The minimum absolute atomic E-state index is 0.242. The molecule has 0 radical (unpaired) electrons. The Labute approximate surface area is 122 Å². The molecule has 0 spiro atoms. The molecule has 0 bridgehead atoms. The zero-order chi connectivity index (χ0) is 15.5. The highest BCUT2D eigenvalue weighted by Crippen LogP contribution is 2.07. The first kappa shape index (κ1) is 16.2. The highest BCUT2D eigenvalue weighted by Gasteiger charge is 1.96. The average Bonchev–Trinajstić information content (AvgIpc) is 2.47. The zero-order valence-electron chi connectivity index (χ0n) is 11.6. The van der Waals surface area contributed by atoms with E-state index in [0.29, 0.717) is 12.4 Å². The van der Waals surface area contributed by atoms with Crippen LogP contribution in [0.15, 0.2) is 60.7 Å². The minimum Gasteiger partial charge on any atom is -0.461 e. The van der Waals surface area contributed by atoms with Crippen molar-refractivity contribution < 1.29 is 24.2 Å². The number of carbonyl (C=O) groups excluding carboxylic acids is 1. The van der Waals surface area contributed by atoms with Crippen molar-refractivity contribution in [3.8, 4) is 5.75 Å². The molecule has 5 heteroatoms. The number of para-hydroxylation sites is 1. The summed E-state index contributed by atoms with van der Waals surface area (Å²) >= 11 is 0. The second-order valence-corrected chi connectivity index (χ2v) is 3.95. The molecule has 2 aromatic carbocycles. The Balaban J connectivity index is 0.000000211. The first-order valence-electron chi connectivity index (χ1n) is 6.21. The van der Waals surface area contributed by atoms with Crippen LogP contribution in [0.4, 0.5) is 4.79 Å². The highest BCUT2D eigenvalue weighted by molar-refractivity contribution is 5.65. The predicted octanol–water partition coefficient (Wildman–Crippen LogP) is 3.49. The van der Waals surface area contributed by atoms with Crippen LogP contribution in [0.1, 0.15) is 12.5 Å². The van der Waals surface area contributed by atoms with E-state index in [9.17, 15) is 9.59 Å². The Bertz CT molecular complexity index is 551. The molecule has 0 aliphatic heterocycles. The van der Waals surface area contributed by atoms with Gasteiger partial charge < -0.3 is 14.6 Å². The SMILES string of the molecule is CC(=O)OCc1ccccc1.O=C(O)Oc1ccccc1. The molecule has 0 saturated heterocycles. The Morgan fingerprint density at radius 1 is 0.952 bits per heavy atom. The lowest BCUT2D eigenvalue weighted by atomic mass is 10.2. The monoisotopic (exact) mass is 288 g/mol. The van der Waals surface area contributed by atoms with E-state index in [1.54, 1.807) is 30.3 Å². The lowest BCUT2D eigenvalue weighted by molar-refractivity contribution is -0.142. The first-order chi connectivity index (χ1) is 10.1. The van der Waals surface area contributed by atoms with Gasteiger partial charge in [0, 0.05) is 6.92 Å². The summed E-state index contributed by atoms with van der Waals surface area (Å²) in [7, 11) is 0. The van der Waals surface area contributed by atoms with Crippen molar-refractivity contribution in [2.75, 3.05) is 0 Å². The fourth-order valence-electron chi connectivity index (χ4n) is 1.35. The largest absolute Gasteiger partial charge is 0.511 e. The number of carbonyl (C=O) groups is 2. The minimum atomic E-state index is -1.29. The second-order valence-electron chi connectivity index (χ2n) is 3.95. The Kier molecular flexibility index (Phi) is 7.07. The molecular formula is C16H16O5. The van der Waals surface area contributed by atoms with E-state index in [1.165, 1.54) is 6.92 Å². The topological polar surface area (TPSA) is 72.8 Å². The fraction of sp³-hybridized carbons (Fsp3) is 0.125. The quantitative estimate of drug-likeness (QED) is 0.691. The second kappa shape index (κ2) is 9.14. The molecule has 0 heterocycles. The van der Waals surface area contributed by atoms with Crippen LogP contribution >= 0.6 is 0 Å². The van der Waals surface area contributed by atoms with Crippen molar-refractivity contribution in [3.63, 3.8) is 0 Å². The molecule has 0 aliphatic rings. The van der Waals surface area contributed by atoms with Gasteiger partial charge in [-0.15, -0.1) is 0 Å². The van der Waals surface area contributed by atoms with E-state index >= 15 is 0 Å². The summed E-state index contributed by atoms with van der Waals surface area (Å²) in [5.41, 5.74) is 1.02. The molecule has 21 heavy (non-hydrogen) atoms. The Hall–Kier alpha value is -2.82. The van der Waals surface area contributed by atoms with Crippen LogP contribution in [0.5, 0.6) is 5.75 Å². The van der Waals surface area contributed by atoms with Crippen LogP contribution in [0.3, 0.4) is 0 Å². The van der Waals surface area contributed by atoms with Crippen LogP contribution in [0.25, 0.3) is 0 Å². The van der Waals surface area contributed by atoms with Crippen LogP contribution in [-0.2, 0) is 16.1 Å². The Morgan fingerprint density at radius 2 is 1.48 bits per heavy atom. The van der Waals surface area contributed by atoms with Gasteiger partial charge in [-0.1, -0.05) is 48.5 Å². The maximum atomic E-state index is 10.4. The normalized spacial score (nSPS) is 9.00. The summed E-state index contributed by atoms with van der Waals surface area (Å²) in [5.74, 6) is 0.101. The molecule has 0 saturated carbocycles. The molecule has 5 nitrogen and oxygen atoms in total. The standard InChI is InChI=1S/C9H10O2.C7H6O3/c1-8(10)11-7-9-5-3-2-4-6-9;8-7(9)10-6-4-2-1-3-5-6/h2-6H,7H2,1H3;1-5H,(H,8,9). The summed E-state index contributed by atoms with van der Waals surface area (Å²) in [6, 6.07) is 18.0. The highest BCUT2D eigenvalue weighted by atomic mass is 16.7. The number of esters is 1. The zero-order valence-corrected chi connectivity index (χ0v) is 11.6. The third kappa shape index (κ3) is 8.05. The molecule has 1 N–H and O–H groups in total. The van der Waals surface area contributed by atoms with E-state index in [2.05, 4.69) is 4.74 Å². The first-order valence-corrected chi connectivity index (χ1v) is 6.21. The third-order valence-corrected chi connectivity index (χ3v) is 2.23. The van der Waals surface area contributed by atoms with E-state index in [0.717, 1.165) is 5.56 Å². The van der Waals surface area contributed by atoms with Gasteiger partial charge in [0.15, 0.2) is 0 Å². The number of benzene rings is 2. The van der Waals surface area contributed by atoms with Gasteiger partial charge in [0.25, 0.3) is 0 Å². The van der Waals surface area contributed by atoms with Crippen molar-refractivity contribution in [2.45, 2.75) is 13.5 Å². The van der Waals surface area contributed by atoms with E-state index in [1.807, 2.05) is 30.3 Å². The summed E-state index contributed by atoms with van der Waals surface area (Å²) in [5, 5.41) is 8.14. The number of hydrogen-bond acceptors (Lipinski definition) is 4. The van der Waals surface area contributed by atoms with Gasteiger partial charge in [-0.25, -0.2) is 4.79 Å². The summed E-state index contributed by atoms with van der Waals surface area (Å²) in [6.45, 7) is 1.78. The molecule has 0 amide bonds. The molecule has 0 fully saturated rings. The van der Waals surface area contributed by atoms with Gasteiger partial charge in [0.2, 0.25) is 0 Å². The molecule has 110 valence electrons. The van der Waals surface area contributed by atoms with Crippen molar-refractivity contribution in [1.82, 2.24) is 0 Å². The molecule has 0 aliphatic carbocycles. The number of hydrogen-bond donors (Lipinski definition) is 1. The summed E-state index contributed by atoms with van der Waals surface area (Å²) < 4.78 is 9.12. The molecular weight excluding hydrogens is 272 g/mol. The molecule has 0 atom stereocenters. The number of carboxylic acid groups (broad SMARTS) is 1. The average molecular weight is 288 g/mol. The molecule has 2 aromatic rings. The third-order valence-electron chi connectivity index (χ3n) is 2.23. The molecule has 0 aromatic heterocycles. The van der Waals surface area contributed by atoms with Crippen LogP contribution < -0.4 is 4.74 Å². The van der Waals surface area contributed by atoms with Gasteiger partial charge in [-0.2, -0.15) is 0 Å². The maximum Gasteiger partial charge on any atom is 0.511 e. The van der Waals surface area contributed by atoms with Crippen molar-refractivity contribution in [1.29, 1.82) is 0 Å². The number of rotatable bonds is 3. The van der Waals surface area contributed by atoms with Gasteiger partial charge in [0.1, 0.15) is 12.4 Å². The van der Waals surface area contributed by atoms with Crippen LogP contribution in [-0.4, -0.2) is 17.2 Å². The Morgan fingerprint density at radius 3 is 1.95 bits per heavy atom. The molecule has 0 unspecified atom stereocenters. The van der Waals surface area contributed by atoms with Crippen molar-refractivity contribution in [2.24, 2.45) is 0 Å². The number of ether oxygens (including phenoxy) is 2.